The van der Waals surface area contributed by atoms with Gasteiger partial charge in [0.05, 0.1) is 16.8 Å². The predicted molar refractivity (Wildman–Crippen MR) is 148 cm³/mol. The first-order chi connectivity index (χ1) is 18.4. The van der Waals surface area contributed by atoms with Gasteiger partial charge < -0.3 is 9.47 Å². The normalized spacial score (nSPS) is 11.4. The first-order valence-electron chi connectivity index (χ1n) is 12.7. The van der Waals surface area contributed by atoms with Gasteiger partial charge in [-0.15, -0.1) is 0 Å². The molecule has 6 nitrogen and oxygen atoms in total. The molecule has 0 amide bonds. The third-order valence-electron chi connectivity index (χ3n) is 6.20. The lowest BCUT2D eigenvalue weighted by molar-refractivity contribution is -0.159. The Morgan fingerprint density at radius 2 is 1.32 bits per heavy atom. The number of ether oxygens (including phenoxy) is 2. The Bertz CT molecular complexity index is 1520. The van der Waals surface area contributed by atoms with Crippen molar-refractivity contribution in [1.29, 1.82) is 0 Å². The van der Waals surface area contributed by atoms with Crippen LogP contribution in [0.15, 0.2) is 97.2 Å². The van der Waals surface area contributed by atoms with Crippen LogP contribution in [-0.2, 0) is 22.4 Å². The zero-order chi connectivity index (χ0) is 26.5. The van der Waals surface area contributed by atoms with Crippen molar-refractivity contribution in [2.45, 2.75) is 33.6 Å². The lowest BCUT2D eigenvalue weighted by Gasteiger charge is -2.17. The number of carbonyl (C=O) groups is 1. The van der Waals surface area contributed by atoms with Crippen LogP contribution in [0.4, 0.5) is 0 Å². The SMILES string of the molecule is CC(C)(C)C(=O)OCOc1c(Cc2ccccc2)nc2c(Cc3ccccc3)nc(-c3ccccc3)cn12. The van der Waals surface area contributed by atoms with Crippen molar-refractivity contribution in [3.63, 3.8) is 0 Å². The molecule has 0 aliphatic rings. The van der Waals surface area contributed by atoms with Gasteiger partial charge in [0.25, 0.3) is 0 Å². The lowest BCUT2D eigenvalue weighted by atomic mass is 9.98. The van der Waals surface area contributed by atoms with Crippen molar-refractivity contribution in [3.05, 3.63) is 120 Å². The number of nitrogens with zero attached hydrogens (tertiary/aromatic N) is 3. The molecule has 0 fully saturated rings. The van der Waals surface area contributed by atoms with Crippen LogP contribution in [0.3, 0.4) is 0 Å². The molecule has 0 saturated heterocycles. The van der Waals surface area contributed by atoms with E-state index in [1.807, 2.05) is 98.1 Å². The van der Waals surface area contributed by atoms with Crippen LogP contribution in [0.2, 0.25) is 0 Å². The van der Waals surface area contributed by atoms with Crippen LogP contribution in [0.1, 0.15) is 43.3 Å². The number of hydrogen-bond acceptors (Lipinski definition) is 5. The second-order valence-electron chi connectivity index (χ2n) is 10.3. The Balaban J connectivity index is 1.62. The second-order valence-corrected chi connectivity index (χ2v) is 10.3. The summed E-state index contributed by atoms with van der Waals surface area (Å²) < 4.78 is 13.6. The number of carbonyl (C=O) groups excluding carboxylic acids is 1. The number of imidazole rings is 1. The van der Waals surface area contributed by atoms with E-state index in [2.05, 4.69) is 24.3 Å². The van der Waals surface area contributed by atoms with Gasteiger partial charge in [0.15, 0.2) is 5.65 Å². The molecule has 0 bridgehead atoms. The maximum Gasteiger partial charge on any atom is 0.314 e. The number of rotatable bonds is 8. The summed E-state index contributed by atoms with van der Waals surface area (Å²) in [7, 11) is 0. The van der Waals surface area contributed by atoms with Gasteiger partial charge in [0, 0.05) is 24.6 Å². The van der Waals surface area contributed by atoms with E-state index < -0.39 is 5.41 Å². The minimum atomic E-state index is -0.622. The third kappa shape index (κ3) is 5.75. The van der Waals surface area contributed by atoms with Gasteiger partial charge in [-0.05, 0) is 31.9 Å². The topological polar surface area (TPSA) is 65.7 Å². The molecule has 0 radical (unpaired) electrons. The van der Waals surface area contributed by atoms with Gasteiger partial charge in [-0.1, -0.05) is 91.0 Å². The summed E-state index contributed by atoms with van der Waals surface area (Å²) in [5.74, 6) is 0.215. The maximum absolute atomic E-state index is 12.4. The van der Waals surface area contributed by atoms with E-state index in [1.165, 1.54) is 0 Å². The molecule has 0 atom stereocenters. The van der Waals surface area contributed by atoms with E-state index in [0.29, 0.717) is 18.7 Å². The summed E-state index contributed by atoms with van der Waals surface area (Å²) in [6.07, 6.45) is 3.13. The molecule has 5 rings (SSSR count). The van der Waals surface area contributed by atoms with E-state index in [1.54, 1.807) is 0 Å². The molecule has 0 spiro atoms. The number of aromatic nitrogens is 3. The summed E-state index contributed by atoms with van der Waals surface area (Å²) >= 11 is 0. The Morgan fingerprint density at radius 1 is 0.763 bits per heavy atom. The van der Waals surface area contributed by atoms with E-state index in [0.717, 1.165) is 39.4 Å². The molecule has 6 heteroatoms. The molecule has 0 N–H and O–H groups in total. The highest BCUT2D eigenvalue weighted by atomic mass is 16.7. The molecule has 192 valence electrons. The average molecular weight is 506 g/mol. The highest BCUT2D eigenvalue weighted by Crippen LogP contribution is 2.29. The van der Waals surface area contributed by atoms with Crippen molar-refractivity contribution in [3.8, 4) is 17.1 Å². The average Bonchev–Trinajstić information content (AvgIpc) is 3.27. The van der Waals surface area contributed by atoms with Crippen molar-refractivity contribution >= 4 is 11.6 Å². The van der Waals surface area contributed by atoms with Crippen LogP contribution in [0.5, 0.6) is 5.88 Å². The van der Waals surface area contributed by atoms with Crippen molar-refractivity contribution in [1.82, 2.24) is 14.4 Å². The standard InChI is InChI=1S/C32H31N3O3/c1-32(2,3)31(36)38-22-37-30-27(20-24-15-9-5-10-16-24)34-29-26(19-23-13-7-4-8-14-23)33-28(21-35(29)30)25-17-11-6-12-18-25/h4-18,21H,19-20,22H2,1-3H3. The third-order valence-corrected chi connectivity index (χ3v) is 6.20. The van der Waals surface area contributed by atoms with E-state index in [9.17, 15) is 4.79 Å². The Kier molecular flexibility index (Phi) is 7.22. The molecule has 0 unspecified atom stereocenters. The van der Waals surface area contributed by atoms with Crippen LogP contribution < -0.4 is 4.74 Å². The molecule has 2 aromatic heterocycles. The van der Waals surface area contributed by atoms with Crippen LogP contribution in [0.25, 0.3) is 16.9 Å². The monoisotopic (exact) mass is 505 g/mol. The molecular weight excluding hydrogens is 474 g/mol. The molecule has 0 saturated carbocycles. The number of fused-ring (bicyclic) bond motifs is 1. The maximum atomic E-state index is 12.4. The highest BCUT2D eigenvalue weighted by molar-refractivity contribution is 5.75. The first kappa shape index (κ1) is 25.2. The zero-order valence-electron chi connectivity index (χ0n) is 21.9. The number of benzene rings is 3. The summed E-state index contributed by atoms with van der Waals surface area (Å²) in [5, 5.41) is 0. The summed E-state index contributed by atoms with van der Waals surface area (Å²) in [6, 6.07) is 30.4. The Labute approximate surface area is 222 Å². The molecule has 38 heavy (non-hydrogen) atoms. The second kappa shape index (κ2) is 10.9. The number of hydrogen-bond donors (Lipinski definition) is 0. The van der Waals surface area contributed by atoms with Crippen molar-refractivity contribution in [2.75, 3.05) is 6.79 Å². The largest absolute Gasteiger partial charge is 0.440 e. The Hall–Kier alpha value is -4.45. The fourth-order valence-corrected chi connectivity index (χ4v) is 4.20. The summed E-state index contributed by atoms with van der Waals surface area (Å²) in [6.45, 7) is 5.25. The first-order valence-corrected chi connectivity index (χ1v) is 12.7. The zero-order valence-corrected chi connectivity index (χ0v) is 21.9. The van der Waals surface area contributed by atoms with Gasteiger partial charge in [-0.2, -0.15) is 0 Å². The minimum Gasteiger partial charge on any atom is -0.440 e. The molecule has 5 aromatic rings. The van der Waals surface area contributed by atoms with E-state index >= 15 is 0 Å². The minimum absolute atomic E-state index is 0.206. The fraction of sp³-hybridized carbons (Fsp3) is 0.219. The molecule has 2 heterocycles. The number of esters is 1. The van der Waals surface area contributed by atoms with Gasteiger partial charge in [0.1, 0.15) is 5.69 Å². The quantitative estimate of drug-likeness (QED) is 0.178. The smallest absolute Gasteiger partial charge is 0.314 e. The van der Waals surface area contributed by atoms with Gasteiger partial charge in [0.2, 0.25) is 12.7 Å². The summed E-state index contributed by atoms with van der Waals surface area (Å²) in [4.78, 5) is 22.5. The van der Waals surface area contributed by atoms with Crippen LogP contribution in [0, 0.1) is 5.41 Å². The van der Waals surface area contributed by atoms with Gasteiger partial charge >= 0.3 is 5.97 Å². The van der Waals surface area contributed by atoms with E-state index in [-0.39, 0.29) is 12.8 Å². The Morgan fingerprint density at radius 3 is 1.89 bits per heavy atom. The highest BCUT2D eigenvalue weighted by Gasteiger charge is 2.24. The fourth-order valence-electron chi connectivity index (χ4n) is 4.20. The molecule has 3 aromatic carbocycles. The molecule has 0 aliphatic heterocycles. The molecular formula is C32H31N3O3. The molecule has 0 aliphatic carbocycles. The van der Waals surface area contributed by atoms with E-state index in [4.69, 9.17) is 19.4 Å². The van der Waals surface area contributed by atoms with Gasteiger partial charge in [-0.25, -0.2) is 9.97 Å². The van der Waals surface area contributed by atoms with Gasteiger partial charge in [-0.3, -0.25) is 9.20 Å². The summed E-state index contributed by atoms with van der Waals surface area (Å²) in [5.41, 5.74) is 5.74. The van der Waals surface area contributed by atoms with Crippen LogP contribution in [-0.4, -0.2) is 27.1 Å². The lowest BCUT2D eigenvalue weighted by Crippen LogP contribution is -2.25. The van der Waals surface area contributed by atoms with Crippen molar-refractivity contribution < 1.29 is 14.3 Å². The van der Waals surface area contributed by atoms with Crippen LogP contribution >= 0.6 is 0 Å². The van der Waals surface area contributed by atoms with Crippen molar-refractivity contribution in [2.24, 2.45) is 5.41 Å². The predicted octanol–water partition coefficient (Wildman–Crippen LogP) is 6.50.